The fourth-order valence-corrected chi connectivity index (χ4v) is 4.46. The molecule has 0 saturated carbocycles. The zero-order valence-corrected chi connectivity index (χ0v) is 23.5. The number of benzene rings is 1. The number of rotatable bonds is 10. The summed E-state index contributed by atoms with van der Waals surface area (Å²) in [5, 5.41) is 11.9. The standard InChI is InChI=1S/C27H28F5N7O5/c1-26(2)14-38(15-26)25(43)23(41)34-19-7-9-37(24(42)21(19)29)8-6-17(28)12-39-13-20(35-36-39)22(40)33-11-16-4-3-5-18(10-16)44-27(30,31)32/h3-5,7,9-10,13,17H,6,8,11-12,14-15H2,1-2H3,(H,33,40)(H,34,41). The number of hydrogen-bond acceptors (Lipinski definition) is 7. The van der Waals surface area contributed by atoms with Crippen LogP contribution in [-0.4, -0.2) is 67.8 Å². The lowest BCUT2D eigenvalue weighted by Gasteiger charge is -2.45. The van der Waals surface area contributed by atoms with Gasteiger partial charge in [0.2, 0.25) is 5.82 Å². The SMILES string of the molecule is CC1(C)CN(C(=O)C(=O)Nc2ccn(CCC(F)Cn3cc(C(=O)NCc4cccc(OC(F)(F)F)c4)nn3)c(=O)c2F)C1. The molecule has 2 aromatic heterocycles. The molecular weight excluding hydrogens is 597 g/mol. The minimum atomic E-state index is -4.86. The van der Waals surface area contributed by atoms with Crippen LogP contribution in [0.15, 0.2) is 47.5 Å². The van der Waals surface area contributed by atoms with Crippen LogP contribution in [0.4, 0.5) is 27.6 Å². The summed E-state index contributed by atoms with van der Waals surface area (Å²) in [5.74, 6) is -4.38. The van der Waals surface area contributed by atoms with E-state index in [0.717, 1.165) is 39.8 Å². The third-order valence-electron chi connectivity index (χ3n) is 6.50. The number of likely N-dealkylation sites (tertiary alicyclic amines) is 1. The average Bonchev–Trinajstić information content (AvgIpc) is 3.39. The van der Waals surface area contributed by atoms with E-state index in [1.807, 2.05) is 13.8 Å². The van der Waals surface area contributed by atoms with Crippen molar-refractivity contribution in [1.82, 2.24) is 29.8 Å². The van der Waals surface area contributed by atoms with Crippen molar-refractivity contribution >= 4 is 23.4 Å². The van der Waals surface area contributed by atoms with Gasteiger partial charge in [0.05, 0.1) is 18.4 Å². The molecule has 0 bridgehead atoms. The normalized spacial score (nSPS) is 14.8. The molecule has 12 nitrogen and oxygen atoms in total. The van der Waals surface area contributed by atoms with Crippen LogP contribution < -0.4 is 20.9 Å². The Morgan fingerprint density at radius 2 is 1.89 bits per heavy atom. The molecule has 3 amide bonds. The van der Waals surface area contributed by atoms with Crippen LogP contribution in [0.3, 0.4) is 0 Å². The summed E-state index contributed by atoms with van der Waals surface area (Å²) in [4.78, 5) is 50.5. The molecule has 4 rings (SSSR count). The van der Waals surface area contributed by atoms with Crippen molar-refractivity contribution < 1.29 is 41.1 Å². The van der Waals surface area contributed by atoms with E-state index in [9.17, 15) is 41.1 Å². The minimum absolute atomic E-state index is 0.113. The molecule has 1 aliphatic rings. The summed E-state index contributed by atoms with van der Waals surface area (Å²) in [6.07, 6.45) is -4.37. The molecule has 44 heavy (non-hydrogen) atoms. The van der Waals surface area contributed by atoms with Gasteiger partial charge in [-0.05, 0) is 35.6 Å². The Morgan fingerprint density at radius 1 is 1.16 bits per heavy atom. The highest BCUT2D eigenvalue weighted by atomic mass is 19.4. The Hall–Kier alpha value is -4.83. The number of ether oxygens (including phenoxy) is 1. The van der Waals surface area contributed by atoms with Gasteiger partial charge in [-0.15, -0.1) is 18.3 Å². The van der Waals surface area contributed by atoms with E-state index in [4.69, 9.17) is 0 Å². The highest BCUT2D eigenvalue weighted by Crippen LogP contribution is 2.28. The Morgan fingerprint density at radius 3 is 2.57 bits per heavy atom. The molecule has 0 aliphatic carbocycles. The van der Waals surface area contributed by atoms with E-state index in [0.29, 0.717) is 18.7 Å². The number of amides is 3. The average molecular weight is 626 g/mol. The lowest BCUT2D eigenvalue weighted by atomic mass is 9.84. The first-order valence-corrected chi connectivity index (χ1v) is 13.3. The Kier molecular flexibility index (Phi) is 9.34. The summed E-state index contributed by atoms with van der Waals surface area (Å²) < 4.78 is 72.3. The third-order valence-corrected chi connectivity index (χ3v) is 6.50. The van der Waals surface area contributed by atoms with Gasteiger partial charge in [0.15, 0.2) is 5.69 Å². The summed E-state index contributed by atoms with van der Waals surface area (Å²) in [6, 6.07) is 6.11. The molecule has 0 spiro atoms. The van der Waals surface area contributed by atoms with Crippen LogP contribution in [0.2, 0.25) is 0 Å². The van der Waals surface area contributed by atoms with Crippen molar-refractivity contribution in [2.45, 2.75) is 52.4 Å². The molecule has 1 saturated heterocycles. The Labute approximate surface area is 246 Å². The van der Waals surface area contributed by atoms with Crippen molar-refractivity contribution in [3.05, 3.63) is 70.2 Å². The largest absolute Gasteiger partial charge is 0.573 e. The van der Waals surface area contributed by atoms with E-state index in [-0.39, 0.29) is 37.2 Å². The van der Waals surface area contributed by atoms with Gasteiger partial charge >= 0.3 is 18.2 Å². The monoisotopic (exact) mass is 625 g/mol. The summed E-state index contributed by atoms with van der Waals surface area (Å²) in [6.45, 7) is 3.87. The van der Waals surface area contributed by atoms with Crippen molar-refractivity contribution in [2.75, 3.05) is 18.4 Å². The maximum absolute atomic E-state index is 14.7. The molecule has 3 heterocycles. The predicted molar refractivity (Wildman–Crippen MR) is 143 cm³/mol. The molecule has 236 valence electrons. The number of carbonyl (C=O) groups is 3. The number of nitrogens with zero attached hydrogens (tertiary/aromatic N) is 5. The van der Waals surface area contributed by atoms with Crippen LogP contribution >= 0.6 is 0 Å². The first kappa shape index (κ1) is 32.1. The summed E-state index contributed by atoms with van der Waals surface area (Å²) in [5.41, 5.74) is -1.56. The van der Waals surface area contributed by atoms with Gasteiger partial charge in [-0.3, -0.25) is 19.2 Å². The van der Waals surface area contributed by atoms with Crippen LogP contribution in [0.1, 0.15) is 36.3 Å². The number of pyridine rings is 1. The molecule has 0 radical (unpaired) electrons. The van der Waals surface area contributed by atoms with Gasteiger partial charge in [-0.2, -0.15) is 4.39 Å². The quantitative estimate of drug-likeness (QED) is 0.261. The molecule has 1 aliphatic heterocycles. The maximum atomic E-state index is 14.7. The fourth-order valence-electron chi connectivity index (χ4n) is 4.46. The van der Waals surface area contributed by atoms with E-state index in [1.165, 1.54) is 17.0 Å². The highest BCUT2D eigenvalue weighted by molar-refractivity contribution is 6.39. The number of halogens is 5. The lowest BCUT2D eigenvalue weighted by molar-refractivity contribution is -0.274. The zero-order valence-electron chi connectivity index (χ0n) is 23.5. The minimum Gasteiger partial charge on any atom is -0.406 e. The maximum Gasteiger partial charge on any atom is 0.573 e. The Bertz CT molecular complexity index is 1600. The van der Waals surface area contributed by atoms with E-state index in [1.54, 1.807) is 0 Å². The molecule has 2 N–H and O–H groups in total. The number of alkyl halides is 4. The molecule has 3 aromatic rings. The molecule has 1 fully saturated rings. The third kappa shape index (κ3) is 8.38. The second kappa shape index (κ2) is 12.8. The summed E-state index contributed by atoms with van der Waals surface area (Å²) in [7, 11) is 0. The van der Waals surface area contributed by atoms with Crippen molar-refractivity contribution in [3.63, 3.8) is 0 Å². The van der Waals surface area contributed by atoms with Gasteiger partial charge in [0, 0.05) is 32.4 Å². The van der Waals surface area contributed by atoms with E-state index >= 15 is 0 Å². The number of nitrogens with one attached hydrogen (secondary N) is 2. The second-order valence-electron chi connectivity index (χ2n) is 10.9. The van der Waals surface area contributed by atoms with E-state index < -0.39 is 53.1 Å². The first-order chi connectivity index (χ1) is 20.6. The number of hydrogen-bond donors (Lipinski definition) is 2. The number of carbonyl (C=O) groups excluding carboxylic acids is 3. The number of aromatic nitrogens is 4. The Balaban J connectivity index is 1.25. The molecular formula is C27H28F5N7O5. The van der Waals surface area contributed by atoms with Gasteiger partial charge in [-0.1, -0.05) is 31.2 Å². The van der Waals surface area contributed by atoms with Gasteiger partial charge in [-0.25, -0.2) is 9.07 Å². The lowest BCUT2D eigenvalue weighted by Crippen LogP contribution is -2.58. The van der Waals surface area contributed by atoms with Crippen molar-refractivity contribution in [1.29, 1.82) is 0 Å². The zero-order chi connectivity index (χ0) is 32.2. The van der Waals surface area contributed by atoms with Crippen molar-refractivity contribution in [3.8, 4) is 5.75 Å². The van der Waals surface area contributed by atoms with Gasteiger partial charge in [0.25, 0.3) is 11.5 Å². The smallest absolute Gasteiger partial charge is 0.406 e. The van der Waals surface area contributed by atoms with Crippen LogP contribution in [0.25, 0.3) is 0 Å². The molecule has 1 unspecified atom stereocenters. The first-order valence-electron chi connectivity index (χ1n) is 13.3. The van der Waals surface area contributed by atoms with Crippen molar-refractivity contribution in [2.24, 2.45) is 5.41 Å². The van der Waals surface area contributed by atoms with Crippen LogP contribution in [-0.2, 0) is 29.2 Å². The van der Waals surface area contributed by atoms with Gasteiger partial charge < -0.3 is 24.8 Å². The second-order valence-corrected chi connectivity index (χ2v) is 10.9. The number of anilines is 1. The molecule has 1 atom stereocenters. The van der Waals surface area contributed by atoms with E-state index in [2.05, 4.69) is 25.7 Å². The number of aryl methyl sites for hydroxylation is 1. The fraction of sp³-hybridized carbons (Fsp3) is 0.407. The molecule has 17 heteroatoms. The van der Waals surface area contributed by atoms with Gasteiger partial charge in [0.1, 0.15) is 11.9 Å². The topological polar surface area (TPSA) is 140 Å². The molecule has 1 aromatic carbocycles. The van der Waals surface area contributed by atoms with Crippen LogP contribution in [0.5, 0.6) is 5.75 Å². The highest BCUT2D eigenvalue weighted by Gasteiger charge is 2.39. The van der Waals surface area contributed by atoms with Crippen LogP contribution in [0, 0.1) is 11.2 Å². The summed E-state index contributed by atoms with van der Waals surface area (Å²) >= 11 is 0. The predicted octanol–water partition coefficient (Wildman–Crippen LogP) is 2.64.